The van der Waals surface area contributed by atoms with E-state index >= 15 is 0 Å². The summed E-state index contributed by atoms with van der Waals surface area (Å²) in [4.78, 5) is 43.3. The van der Waals surface area contributed by atoms with Crippen molar-refractivity contribution in [2.24, 2.45) is 0 Å². The highest BCUT2D eigenvalue weighted by atomic mass is 16.6. The van der Waals surface area contributed by atoms with Gasteiger partial charge in [-0.05, 0) is 83.9 Å². The van der Waals surface area contributed by atoms with E-state index in [1.54, 1.807) is 25.7 Å². The van der Waals surface area contributed by atoms with E-state index in [1.165, 1.54) is 0 Å². The van der Waals surface area contributed by atoms with Gasteiger partial charge >= 0.3 is 6.09 Å². The van der Waals surface area contributed by atoms with Crippen LogP contribution in [0.15, 0.2) is 48.5 Å². The number of nitrogens with zero attached hydrogens (tertiary/aromatic N) is 1. The molecule has 0 aliphatic heterocycles. The molecule has 1 saturated carbocycles. The molecule has 0 saturated heterocycles. The fraction of sp³-hybridized carbons (Fsp3) is 0.545. The Morgan fingerprint density at radius 2 is 1.70 bits per heavy atom. The molecule has 1 fully saturated rings. The van der Waals surface area contributed by atoms with Crippen LogP contribution in [-0.2, 0) is 20.7 Å². The van der Waals surface area contributed by atoms with Crippen LogP contribution in [0.4, 0.5) is 4.79 Å². The van der Waals surface area contributed by atoms with E-state index in [2.05, 4.69) is 23.6 Å². The van der Waals surface area contributed by atoms with Crippen LogP contribution in [-0.4, -0.2) is 46.5 Å². The van der Waals surface area contributed by atoms with Crippen LogP contribution < -0.4 is 10.6 Å². The van der Waals surface area contributed by atoms with Crippen molar-refractivity contribution in [1.29, 1.82) is 0 Å². The number of hydrogen-bond donors (Lipinski definition) is 2. The summed E-state index contributed by atoms with van der Waals surface area (Å²) in [5, 5.41) is 6.03. The molecule has 2 aromatic carbocycles. The van der Waals surface area contributed by atoms with E-state index in [4.69, 9.17) is 4.74 Å². The van der Waals surface area contributed by atoms with Gasteiger partial charge in [0.2, 0.25) is 11.8 Å². The first-order chi connectivity index (χ1) is 18.9. The normalized spacial score (nSPS) is 15.8. The summed E-state index contributed by atoms with van der Waals surface area (Å²) in [6.07, 6.45) is 4.05. The minimum Gasteiger partial charge on any atom is -0.444 e. The monoisotopic (exact) mass is 549 g/mol. The second kappa shape index (κ2) is 13.8. The predicted molar refractivity (Wildman–Crippen MR) is 159 cm³/mol. The molecule has 1 aliphatic carbocycles. The average Bonchev–Trinajstić information content (AvgIpc) is 2.82. The molecule has 40 heavy (non-hydrogen) atoms. The fourth-order valence-electron chi connectivity index (χ4n) is 5.24. The number of ether oxygens (including phenoxy) is 1. The van der Waals surface area contributed by atoms with Crippen molar-refractivity contribution < 1.29 is 19.1 Å². The molecule has 7 nitrogen and oxygen atoms in total. The van der Waals surface area contributed by atoms with Gasteiger partial charge in [-0.3, -0.25) is 9.59 Å². The van der Waals surface area contributed by atoms with Crippen molar-refractivity contribution in [3.05, 3.63) is 70.8 Å². The third-order valence-electron chi connectivity index (χ3n) is 7.35. The van der Waals surface area contributed by atoms with Crippen molar-refractivity contribution in [1.82, 2.24) is 15.5 Å². The predicted octanol–water partition coefficient (Wildman–Crippen LogP) is 6.17. The van der Waals surface area contributed by atoms with Gasteiger partial charge in [-0.25, -0.2) is 4.79 Å². The molecule has 1 aliphatic rings. The molecule has 0 bridgehead atoms. The highest BCUT2D eigenvalue weighted by molar-refractivity contribution is 5.93. The van der Waals surface area contributed by atoms with Gasteiger partial charge in [0, 0.05) is 18.5 Å². The van der Waals surface area contributed by atoms with Crippen molar-refractivity contribution in [3.8, 4) is 0 Å². The highest BCUT2D eigenvalue weighted by Crippen LogP contribution is 2.35. The number of alkyl carbamates (subject to hydrolysis) is 1. The summed E-state index contributed by atoms with van der Waals surface area (Å²) in [7, 11) is 0. The summed E-state index contributed by atoms with van der Waals surface area (Å²) in [5.74, 6) is -0.466. The van der Waals surface area contributed by atoms with Gasteiger partial charge in [-0.2, -0.15) is 0 Å². The number of carbonyl (C=O) groups is 3. The van der Waals surface area contributed by atoms with Crippen LogP contribution in [0.5, 0.6) is 0 Å². The van der Waals surface area contributed by atoms with Crippen molar-refractivity contribution in [3.63, 3.8) is 0 Å². The van der Waals surface area contributed by atoms with Crippen molar-refractivity contribution >= 4 is 17.9 Å². The second-order valence-corrected chi connectivity index (χ2v) is 12.2. The van der Waals surface area contributed by atoms with Gasteiger partial charge in [-0.15, -0.1) is 0 Å². The quantitative estimate of drug-likeness (QED) is 0.351. The molecule has 0 heterocycles. The molecule has 218 valence electrons. The number of carbonyl (C=O) groups excluding carboxylic acids is 3. The lowest BCUT2D eigenvalue weighted by atomic mass is 9.86. The lowest BCUT2D eigenvalue weighted by Crippen LogP contribution is -2.58. The van der Waals surface area contributed by atoms with E-state index in [-0.39, 0.29) is 30.3 Å². The van der Waals surface area contributed by atoms with Crippen LogP contribution in [0.3, 0.4) is 0 Å². The van der Waals surface area contributed by atoms with Gasteiger partial charge in [-0.1, -0.05) is 67.4 Å². The molecule has 2 N–H and O–H groups in total. The molecule has 3 atom stereocenters. The number of rotatable bonds is 11. The Kier molecular flexibility index (Phi) is 10.8. The van der Waals surface area contributed by atoms with Gasteiger partial charge in [0.05, 0.1) is 0 Å². The van der Waals surface area contributed by atoms with E-state index < -0.39 is 23.8 Å². The number of aryl methyl sites for hydroxylation is 2. The molecule has 3 unspecified atom stereocenters. The summed E-state index contributed by atoms with van der Waals surface area (Å²) in [6, 6.07) is 13.8. The maximum absolute atomic E-state index is 14.6. The number of amides is 3. The van der Waals surface area contributed by atoms with E-state index in [1.807, 2.05) is 63.2 Å². The minimum absolute atomic E-state index is 0.0240. The summed E-state index contributed by atoms with van der Waals surface area (Å²) < 4.78 is 5.54. The van der Waals surface area contributed by atoms with Gasteiger partial charge in [0.25, 0.3) is 0 Å². The van der Waals surface area contributed by atoms with Crippen LogP contribution in [0.25, 0.3) is 0 Å². The first kappa shape index (κ1) is 31.2. The molecule has 2 aromatic rings. The SMILES string of the molecule is CCCC(C)NC(=O)C(c1ccc(C)cc1C)N(C(=O)C(Cc1ccccc1)NC(=O)OC(C)(C)C)C1CCC1. The van der Waals surface area contributed by atoms with Gasteiger partial charge < -0.3 is 20.3 Å². The Labute approximate surface area is 240 Å². The van der Waals surface area contributed by atoms with E-state index in [0.717, 1.165) is 54.4 Å². The summed E-state index contributed by atoms with van der Waals surface area (Å²) in [6.45, 7) is 13.5. The van der Waals surface area contributed by atoms with Crippen LogP contribution in [0.1, 0.15) is 95.0 Å². The maximum atomic E-state index is 14.6. The Balaban J connectivity index is 2.06. The first-order valence-corrected chi connectivity index (χ1v) is 14.6. The van der Waals surface area contributed by atoms with Crippen LogP contribution >= 0.6 is 0 Å². The maximum Gasteiger partial charge on any atom is 0.408 e. The molecule has 0 radical (unpaired) electrons. The molecule has 0 spiro atoms. The Hall–Kier alpha value is -3.35. The first-order valence-electron chi connectivity index (χ1n) is 14.6. The number of hydrogen-bond acceptors (Lipinski definition) is 4. The Morgan fingerprint density at radius 1 is 1.02 bits per heavy atom. The molecular weight excluding hydrogens is 502 g/mol. The lowest BCUT2D eigenvalue weighted by molar-refractivity contribution is -0.147. The lowest BCUT2D eigenvalue weighted by Gasteiger charge is -2.44. The number of benzene rings is 2. The van der Waals surface area contributed by atoms with E-state index in [9.17, 15) is 14.4 Å². The highest BCUT2D eigenvalue weighted by Gasteiger charge is 2.42. The topological polar surface area (TPSA) is 87.7 Å². The largest absolute Gasteiger partial charge is 0.444 e. The Bertz CT molecular complexity index is 1150. The standard InChI is InChI=1S/C33H47N3O4/c1-8-13-24(4)34-30(37)29(27-19-18-22(2)20-23(27)3)36(26-16-12-17-26)31(38)28(21-25-14-10-9-11-15-25)35-32(39)40-33(5,6)7/h9-11,14-15,18-20,24,26,28-29H,8,12-13,16-17,21H2,1-7H3,(H,34,37)(H,35,39). The Morgan fingerprint density at radius 3 is 2.25 bits per heavy atom. The van der Waals surface area contributed by atoms with Crippen molar-refractivity contribution in [2.75, 3.05) is 0 Å². The van der Waals surface area contributed by atoms with E-state index in [0.29, 0.717) is 0 Å². The van der Waals surface area contributed by atoms with Crippen LogP contribution in [0.2, 0.25) is 0 Å². The molecular formula is C33H47N3O4. The third kappa shape index (κ3) is 8.57. The van der Waals surface area contributed by atoms with Crippen molar-refractivity contribution in [2.45, 2.75) is 117 Å². The number of nitrogens with one attached hydrogen (secondary N) is 2. The summed E-state index contributed by atoms with van der Waals surface area (Å²) in [5.41, 5.74) is 3.06. The fourth-order valence-corrected chi connectivity index (χ4v) is 5.24. The smallest absolute Gasteiger partial charge is 0.408 e. The third-order valence-corrected chi connectivity index (χ3v) is 7.35. The molecule has 7 heteroatoms. The molecule has 0 aromatic heterocycles. The van der Waals surface area contributed by atoms with Crippen LogP contribution in [0, 0.1) is 13.8 Å². The summed E-state index contributed by atoms with van der Waals surface area (Å²) >= 11 is 0. The zero-order valence-corrected chi connectivity index (χ0v) is 25.3. The molecule has 3 rings (SSSR count). The second-order valence-electron chi connectivity index (χ2n) is 12.2. The zero-order valence-electron chi connectivity index (χ0n) is 25.3. The van der Waals surface area contributed by atoms with Gasteiger partial charge in [0.15, 0.2) is 0 Å². The van der Waals surface area contributed by atoms with Gasteiger partial charge in [0.1, 0.15) is 17.7 Å². The minimum atomic E-state index is -0.896. The average molecular weight is 550 g/mol. The molecule has 3 amide bonds. The zero-order chi connectivity index (χ0) is 29.4.